The maximum atomic E-state index is 12.7. The molecule has 2 aromatic rings. The highest BCUT2D eigenvalue weighted by molar-refractivity contribution is 7.22. The van der Waals surface area contributed by atoms with E-state index in [2.05, 4.69) is 9.88 Å². The molecule has 2 heterocycles. The number of carbonyl (C=O) groups is 1. The van der Waals surface area contributed by atoms with Crippen molar-refractivity contribution in [3.63, 3.8) is 0 Å². The highest BCUT2D eigenvalue weighted by Crippen LogP contribution is 2.29. The van der Waals surface area contributed by atoms with Crippen LogP contribution in [0, 0.1) is 5.92 Å². The number of aliphatic hydroxyl groups excluding tert-OH is 1. The van der Waals surface area contributed by atoms with Gasteiger partial charge in [-0.15, -0.1) is 0 Å². The second-order valence-corrected chi connectivity index (χ2v) is 7.14. The van der Waals surface area contributed by atoms with Gasteiger partial charge in [-0.3, -0.25) is 14.6 Å². The van der Waals surface area contributed by atoms with Crippen molar-refractivity contribution in [2.24, 2.45) is 5.92 Å². The lowest BCUT2D eigenvalue weighted by Gasteiger charge is -2.22. The number of aromatic nitrogens is 1. The maximum Gasteiger partial charge on any atom is 0.242 e. The predicted molar refractivity (Wildman–Crippen MR) is 93.9 cm³/mol. The third kappa shape index (κ3) is 3.54. The average Bonchev–Trinajstić information content (AvgIpc) is 3.14. The summed E-state index contributed by atoms with van der Waals surface area (Å²) in [4.78, 5) is 21.2. The molecule has 0 aliphatic carbocycles. The van der Waals surface area contributed by atoms with E-state index in [0.717, 1.165) is 34.9 Å². The molecule has 1 amide bonds. The fourth-order valence-corrected chi connectivity index (χ4v) is 4.12. The summed E-state index contributed by atoms with van der Waals surface area (Å²) in [5.41, 5.74) is 0.939. The monoisotopic (exact) mass is 333 g/mol. The Labute approximate surface area is 140 Å². The summed E-state index contributed by atoms with van der Waals surface area (Å²) in [6.45, 7) is 6.49. The molecule has 0 bridgehead atoms. The normalized spacial score (nSPS) is 20.0. The molecule has 1 fully saturated rings. The Morgan fingerprint density at radius 1 is 1.52 bits per heavy atom. The van der Waals surface area contributed by atoms with Gasteiger partial charge in [0.25, 0.3) is 0 Å². The number of likely N-dealkylation sites (N-methyl/N-ethyl adjacent to an activating group) is 1. The van der Waals surface area contributed by atoms with Gasteiger partial charge in [-0.25, -0.2) is 4.98 Å². The van der Waals surface area contributed by atoms with E-state index in [9.17, 15) is 9.90 Å². The minimum atomic E-state index is -0.304. The quantitative estimate of drug-likeness (QED) is 0.912. The van der Waals surface area contributed by atoms with Gasteiger partial charge in [0.2, 0.25) is 5.91 Å². The summed E-state index contributed by atoms with van der Waals surface area (Å²) in [6, 6.07) is 7.96. The highest BCUT2D eigenvalue weighted by Gasteiger charge is 2.29. The molecule has 3 rings (SSSR count). The lowest BCUT2D eigenvalue weighted by molar-refractivity contribution is -0.119. The minimum Gasteiger partial charge on any atom is -0.393 e. The van der Waals surface area contributed by atoms with Crippen LogP contribution in [0.15, 0.2) is 24.3 Å². The van der Waals surface area contributed by atoms with Crippen molar-refractivity contribution < 1.29 is 9.90 Å². The van der Waals surface area contributed by atoms with Gasteiger partial charge in [0.05, 0.1) is 22.9 Å². The maximum absolute atomic E-state index is 12.7. The molecule has 1 aromatic carbocycles. The Balaban J connectivity index is 1.69. The first-order valence-corrected chi connectivity index (χ1v) is 8.96. The standard InChI is InChI=1S/C17H23N3O2S/c1-3-20(17-18-14-6-4-5-7-15(14)23-17)16(22)11-19-9-8-13(10-19)12(2)21/h4-7,12-13,21H,3,8-11H2,1-2H3. The van der Waals surface area contributed by atoms with E-state index in [1.165, 1.54) is 0 Å². The number of hydrogen-bond acceptors (Lipinski definition) is 5. The lowest BCUT2D eigenvalue weighted by atomic mass is 10.0. The van der Waals surface area contributed by atoms with Crippen molar-refractivity contribution in [3.05, 3.63) is 24.3 Å². The van der Waals surface area contributed by atoms with Crippen molar-refractivity contribution in [3.8, 4) is 0 Å². The summed E-state index contributed by atoms with van der Waals surface area (Å²) in [5, 5.41) is 10.5. The van der Waals surface area contributed by atoms with E-state index >= 15 is 0 Å². The zero-order chi connectivity index (χ0) is 16.4. The third-order valence-electron chi connectivity index (χ3n) is 4.48. The van der Waals surface area contributed by atoms with Crippen molar-refractivity contribution in [2.45, 2.75) is 26.4 Å². The number of likely N-dealkylation sites (tertiary alicyclic amines) is 1. The highest BCUT2D eigenvalue weighted by atomic mass is 32.1. The number of carbonyl (C=O) groups excluding carboxylic acids is 1. The number of benzene rings is 1. The molecule has 0 saturated carbocycles. The van der Waals surface area contributed by atoms with Gasteiger partial charge in [-0.2, -0.15) is 0 Å². The van der Waals surface area contributed by atoms with Crippen molar-refractivity contribution in [1.82, 2.24) is 9.88 Å². The van der Waals surface area contributed by atoms with Crippen LogP contribution in [-0.4, -0.2) is 53.2 Å². The molecule has 1 aromatic heterocycles. The zero-order valence-corrected chi connectivity index (χ0v) is 14.4. The molecule has 6 heteroatoms. The van der Waals surface area contributed by atoms with Crippen LogP contribution < -0.4 is 4.90 Å². The summed E-state index contributed by atoms with van der Waals surface area (Å²) in [6.07, 6.45) is 0.653. The van der Waals surface area contributed by atoms with Gasteiger partial charge in [0, 0.05) is 13.1 Å². The predicted octanol–water partition coefficient (Wildman–Crippen LogP) is 2.35. The van der Waals surface area contributed by atoms with Gasteiger partial charge < -0.3 is 5.11 Å². The van der Waals surface area contributed by atoms with Crippen LogP contribution in [0.3, 0.4) is 0 Å². The minimum absolute atomic E-state index is 0.0813. The van der Waals surface area contributed by atoms with E-state index in [1.54, 1.807) is 16.2 Å². The molecule has 1 N–H and O–H groups in total. The van der Waals surface area contributed by atoms with Gasteiger partial charge in [-0.05, 0) is 44.9 Å². The number of para-hydroxylation sites is 1. The number of rotatable bonds is 5. The van der Waals surface area contributed by atoms with E-state index in [4.69, 9.17) is 0 Å². The van der Waals surface area contributed by atoms with E-state index in [0.29, 0.717) is 13.1 Å². The van der Waals surface area contributed by atoms with E-state index in [1.807, 2.05) is 38.1 Å². The zero-order valence-electron chi connectivity index (χ0n) is 13.6. The second kappa shape index (κ2) is 6.95. The SMILES string of the molecule is CCN(C(=O)CN1CCC(C(C)O)C1)c1nc2ccccc2s1. The Bertz CT molecular complexity index is 652. The number of amides is 1. The molecular weight excluding hydrogens is 310 g/mol. The Morgan fingerprint density at radius 3 is 2.96 bits per heavy atom. The topological polar surface area (TPSA) is 56.7 Å². The number of fused-ring (bicyclic) bond motifs is 1. The molecule has 124 valence electrons. The lowest BCUT2D eigenvalue weighted by Crippen LogP contribution is -2.40. The summed E-state index contributed by atoms with van der Waals surface area (Å²) >= 11 is 1.56. The molecule has 1 aliphatic heterocycles. The van der Waals surface area contributed by atoms with Gasteiger partial charge in [-0.1, -0.05) is 23.5 Å². The van der Waals surface area contributed by atoms with Crippen LogP contribution in [0.1, 0.15) is 20.3 Å². The fourth-order valence-electron chi connectivity index (χ4n) is 3.07. The van der Waals surface area contributed by atoms with Crippen LogP contribution in [0.5, 0.6) is 0 Å². The van der Waals surface area contributed by atoms with Gasteiger partial charge in [0.1, 0.15) is 0 Å². The number of nitrogens with zero attached hydrogens (tertiary/aromatic N) is 3. The largest absolute Gasteiger partial charge is 0.393 e. The molecule has 0 radical (unpaired) electrons. The first kappa shape index (κ1) is 16.4. The molecule has 0 spiro atoms. The van der Waals surface area contributed by atoms with Crippen molar-refractivity contribution >= 4 is 32.6 Å². The average molecular weight is 333 g/mol. The Morgan fingerprint density at radius 2 is 2.30 bits per heavy atom. The Hall–Kier alpha value is -1.50. The second-order valence-electron chi connectivity index (χ2n) is 6.13. The molecule has 1 aliphatic rings. The van der Waals surface area contributed by atoms with E-state index in [-0.39, 0.29) is 17.9 Å². The molecule has 23 heavy (non-hydrogen) atoms. The number of thiazole rings is 1. The fraction of sp³-hybridized carbons (Fsp3) is 0.529. The molecule has 1 saturated heterocycles. The van der Waals surface area contributed by atoms with Crippen LogP contribution in [0.25, 0.3) is 10.2 Å². The first-order valence-electron chi connectivity index (χ1n) is 8.15. The summed E-state index contributed by atoms with van der Waals surface area (Å²) < 4.78 is 1.10. The molecule has 2 unspecified atom stereocenters. The van der Waals surface area contributed by atoms with Crippen LogP contribution in [0.4, 0.5) is 5.13 Å². The number of aliphatic hydroxyl groups is 1. The summed E-state index contributed by atoms with van der Waals surface area (Å²) in [5.74, 6) is 0.359. The molecule has 5 nitrogen and oxygen atoms in total. The van der Waals surface area contributed by atoms with Gasteiger partial charge in [0.15, 0.2) is 5.13 Å². The summed E-state index contributed by atoms with van der Waals surface area (Å²) in [7, 11) is 0. The van der Waals surface area contributed by atoms with Crippen LogP contribution in [0.2, 0.25) is 0 Å². The van der Waals surface area contributed by atoms with E-state index < -0.39 is 0 Å². The van der Waals surface area contributed by atoms with Crippen molar-refractivity contribution in [2.75, 3.05) is 31.1 Å². The van der Waals surface area contributed by atoms with Crippen LogP contribution in [-0.2, 0) is 4.79 Å². The van der Waals surface area contributed by atoms with Crippen molar-refractivity contribution in [1.29, 1.82) is 0 Å². The van der Waals surface area contributed by atoms with Gasteiger partial charge >= 0.3 is 0 Å². The smallest absolute Gasteiger partial charge is 0.242 e. The van der Waals surface area contributed by atoms with Crippen LogP contribution >= 0.6 is 11.3 Å². The Kier molecular flexibility index (Phi) is 4.94. The molecular formula is C17H23N3O2S. The number of anilines is 1. The third-order valence-corrected chi connectivity index (χ3v) is 5.54. The first-order chi connectivity index (χ1) is 11.1. The molecule has 2 atom stereocenters. The number of hydrogen-bond donors (Lipinski definition) is 1.